The first-order valence-electron chi connectivity index (χ1n) is 7.14. The van der Waals surface area contributed by atoms with Crippen LogP contribution in [0.25, 0.3) is 0 Å². The standard InChI is InChI=1S/C15H22N2O3S/c1-17(11-12-4-3-9-16-10-12)15(18)13-5-7-14(8-6-13)21(2,19)20/h5-8,12,16H,3-4,9-11H2,1-2H3. The molecule has 0 aromatic heterocycles. The van der Waals surface area contributed by atoms with Gasteiger partial charge in [0.05, 0.1) is 4.90 Å². The Bertz CT molecular complexity index is 590. The number of hydrogen-bond acceptors (Lipinski definition) is 4. The molecule has 5 nitrogen and oxygen atoms in total. The van der Waals surface area contributed by atoms with Crippen molar-refractivity contribution in [1.82, 2.24) is 10.2 Å². The Morgan fingerprint density at radius 1 is 1.33 bits per heavy atom. The van der Waals surface area contributed by atoms with Gasteiger partial charge < -0.3 is 10.2 Å². The molecule has 1 unspecified atom stereocenters. The SMILES string of the molecule is CN(CC1CCCNC1)C(=O)c1ccc(S(C)(=O)=O)cc1. The van der Waals surface area contributed by atoms with Gasteiger partial charge in [-0.25, -0.2) is 8.42 Å². The molecule has 1 amide bonds. The predicted molar refractivity (Wildman–Crippen MR) is 82.1 cm³/mol. The Hall–Kier alpha value is -1.40. The van der Waals surface area contributed by atoms with Crippen LogP contribution >= 0.6 is 0 Å². The first-order chi connectivity index (χ1) is 9.88. The van der Waals surface area contributed by atoms with E-state index < -0.39 is 9.84 Å². The lowest BCUT2D eigenvalue weighted by molar-refractivity contribution is 0.0764. The summed E-state index contributed by atoms with van der Waals surface area (Å²) in [5, 5.41) is 3.34. The van der Waals surface area contributed by atoms with E-state index >= 15 is 0 Å². The van der Waals surface area contributed by atoms with E-state index in [4.69, 9.17) is 0 Å². The molecular formula is C15H22N2O3S. The first kappa shape index (κ1) is 16.0. The van der Waals surface area contributed by atoms with Gasteiger partial charge in [-0.2, -0.15) is 0 Å². The van der Waals surface area contributed by atoms with Crippen LogP contribution in [0.2, 0.25) is 0 Å². The van der Waals surface area contributed by atoms with Gasteiger partial charge in [-0.3, -0.25) is 4.79 Å². The zero-order valence-corrected chi connectivity index (χ0v) is 13.3. The second kappa shape index (κ2) is 6.58. The van der Waals surface area contributed by atoms with Gasteiger partial charge in [0.15, 0.2) is 9.84 Å². The number of nitrogens with one attached hydrogen (secondary N) is 1. The number of hydrogen-bond donors (Lipinski definition) is 1. The second-order valence-corrected chi connectivity index (χ2v) is 7.71. The Morgan fingerprint density at radius 2 is 2.00 bits per heavy atom. The summed E-state index contributed by atoms with van der Waals surface area (Å²) in [7, 11) is -1.43. The van der Waals surface area contributed by atoms with Crippen LogP contribution < -0.4 is 5.32 Å². The highest BCUT2D eigenvalue weighted by Crippen LogP contribution is 2.15. The fourth-order valence-corrected chi connectivity index (χ4v) is 3.25. The number of carbonyl (C=O) groups excluding carboxylic acids is 1. The summed E-state index contributed by atoms with van der Waals surface area (Å²) in [6.07, 6.45) is 3.44. The number of sulfone groups is 1. The van der Waals surface area contributed by atoms with Crippen LogP contribution in [0.3, 0.4) is 0 Å². The fourth-order valence-electron chi connectivity index (χ4n) is 2.62. The van der Waals surface area contributed by atoms with E-state index in [-0.39, 0.29) is 10.8 Å². The molecule has 1 aliphatic heterocycles. The predicted octanol–water partition coefficient (Wildman–Crippen LogP) is 1.16. The van der Waals surface area contributed by atoms with Gasteiger partial charge in [-0.15, -0.1) is 0 Å². The molecular weight excluding hydrogens is 288 g/mol. The highest BCUT2D eigenvalue weighted by atomic mass is 32.2. The number of amides is 1. The molecule has 0 radical (unpaired) electrons. The molecule has 6 heteroatoms. The minimum Gasteiger partial charge on any atom is -0.341 e. The summed E-state index contributed by atoms with van der Waals surface area (Å²) >= 11 is 0. The summed E-state index contributed by atoms with van der Waals surface area (Å²) in [4.78, 5) is 14.3. The van der Waals surface area contributed by atoms with E-state index in [0.29, 0.717) is 11.5 Å². The van der Waals surface area contributed by atoms with E-state index in [1.54, 1.807) is 24.1 Å². The van der Waals surface area contributed by atoms with E-state index in [1.165, 1.54) is 12.1 Å². The molecule has 1 saturated heterocycles. The normalized spacial score (nSPS) is 19.2. The van der Waals surface area contributed by atoms with E-state index in [2.05, 4.69) is 5.32 Å². The van der Waals surface area contributed by atoms with Crippen molar-refractivity contribution >= 4 is 15.7 Å². The van der Waals surface area contributed by atoms with Crippen LogP contribution in [0.4, 0.5) is 0 Å². The van der Waals surface area contributed by atoms with Gasteiger partial charge >= 0.3 is 0 Å². The summed E-state index contributed by atoms with van der Waals surface area (Å²) in [6, 6.07) is 6.12. The zero-order valence-electron chi connectivity index (χ0n) is 12.5. The molecule has 116 valence electrons. The molecule has 1 aromatic rings. The molecule has 0 saturated carbocycles. The largest absolute Gasteiger partial charge is 0.341 e. The number of nitrogens with zero attached hydrogens (tertiary/aromatic N) is 1. The molecule has 1 fully saturated rings. The van der Waals surface area contributed by atoms with Crippen molar-refractivity contribution in [2.24, 2.45) is 5.92 Å². The van der Waals surface area contributed by atoms with Gasteiger partial charge in [0, 0.05) is 25.4 Å². The maximum absolute atomic E-state index is 12.3. The monoisotopic (exact) mass is 310 g/mol. The second-order valence-electron chi connectivity index (χ2n) is 5.69. The van der Waals surface area contributed by atoms with Gasteiger partial charge in [0.2, 0.25) is 0 Å². The van der Waals surface area contributed by atoms with Crippen LogP contribution in [0.5, 0.6) is 0 Å². The van der Waals surface area contributed by atoms with E-state index in [1.807, 2.05) is 0 Å². The molecule has 0 bridgehead atoms. The highest BCUT2D eigenvalue weighted by Gasteiger charge is 2.19. The number of rotatable bonds is 4. The van der Waals surface area contributed by atoms with Crippen LogP contribution in [-0.2, 0) is 9.84 Å². The summed E-state index contributed by atoms with van der Waals surface area (Å²) in [5.74, 6) is 0.420. The van der Waals surface area contributed by atoms with Crippen LogP contribution in [0, 0.1) is 5.92 Å². The third-order valence-corrected chi connectivity index (χ3v) is 4.94. The molecule has 1 N–H and O–H groups in total. The summed E-state index contributed by atoms with van der Waals surface area (Å²) < 4.78 is 22.8. The summed E-state index contributed by atoms with van der Waals surface area (Å²) in [5.41, 5.74) is 0.522. The molecule has 1 aliphatic rings. The molecule has 2 rings (SSSR count). The molecule has 1 atom stereocenters. The van der Waals surface area contributed by atoms with Crippen molar-refractivity contribution in [2.45, 2.75) is 17.7 Å². The average molecular weight is 310 g/mol. The van der Waals surface area contributed by atoms with Crippen molar-refractivity contribution in [2.75, 3.05) is 32.9 Å². The van der Waals surface area contributed by atoms with Crippen LogP contribution in [0.1, 0.15) is 23.2 Å². The number of piperidine rings is 1. The smallest absolute Gasteiger partial charge is 0.253 e. The average Bonchev–Trinajstić information content (AvgIpc) is 2.46. The van der Waals surface area contributed by atoms with Gasteiger partial charge in [-0.1, -0.05) is 0 Å². The third kappa shape index (κ3) is 4.28. The van der Waals surface area contributed by atoms with Crippen molar-refractivity contribution in [1.29, 1.82) is 0 Å². The highest BCUT2D eigenvalue weighted by molar-refractivity contribution is 7.90. The van der Waals surface area contributed by atoms with Crippen LogP contribution in [0.15, 0.2) is 29.2 Å². The minimum absolute atomic E-state index is 0.0689. The zero-order chi connectivity index (χ0) is 15.5. The van der Waals surface area contributed by atoms with Crippen molar-refractivity contribution in [3.8, 4) is 0 Å². The third-order valence-electron chi connectivity index (χ3n) is 3.81. The Balaban J connectivity index is 2.01. The van der Waals surface area contributed by atoms with Gasteiger partial charge in [0.1, 0.15) is 0 Å². The Labute approximate surface area is 126 Å². The fraction of sp³-hybridized carbons (Fsp3) is 0.533. The topological polar surface area (TPSA) is 66.5 Å². The number of carbonyl (C=O) groups is 1. The Morgan fingerprint density at radius 3 is 2.52 bits per heavy atom. The Kier molecular flexibility index (Phi) is 5.00. The van der Waals surface area contributed by atoms with E-state index in [0.717, 1.165) is 38.7 Å². The lowest BCUT2D eigenvalue weighted by Crippen LogP contribution is -2.39. The minimum atomic E-state index is -3.22. The molecule has 1 aromatic carbocycles. The maximum atomic E-state index is 12.3. The van der Waals surface area contributed by atoms with Gasteiger partial charge in [-0.05, 0) is 56.1 Å². The quantitative estimate of drug-likeness (QED) is 0.906. The van der Waals surface area contributed by atoms with Crippen molar-refractivity contribution in [3.05, 3.63) is 29.8 Å². The molecule has 1 heterocycles. The first-order valence-corrected chi connectivity index (χ1v) is 9.03. The summed E-state index contributed by atoms with van der Waals surface area (Å²) in [6.45, 7) is 2.73. The molecule has 0 spiro atoms. The van der Waals surface area contributed by atoms with Crippen molar-refractivity contribution in [3.63, 3.8) is 0 Å². The molecule has 0 aliphatic carbocycles. The van der Waals surface area contributed by atoms with Crippen molar-refractivity contribution < 1.29 is 13.2 Å². The van der Waals surface area contributed by atoms with E-state index in [9.17, 15) is 13.2 Å². The lowest BCUT2D eigenvalue weighted by atomic mass is 9.99. The van der Waals surface area contributed by atoms with Crippen LogP contribution in [-0.4, -0.2) is 52.2 Å². The van der Waals surface area contributed by atoms with Gasteiger partial charge in [0.25, 0.3) is 5.91 Å². The lowest BCUT2D eigenvalue weighted by Gasteiger charge is -2.27. The number of benzene rings is 1. The molecule has 21 heavy (non-hydrogen) atoms. The maximum Gasteiger partial charge on any atom is 0.253 e.